The van der Waals surface area contributed by atoms with E-state index < -0.39 is 9.73 Å². The summed E-state index contributed by atoms with van der Waals surface area (Å²) in [6.07, 6.45) is 5.59. The minimum atomic E-state index is -1.92. The second-order valence-corrected chi connectivity index (χ2v) is 8.93. The van der Waals surface area contributed by atoms with Gasteiger partial charge in [0, 0.05) is 41.9 Å². The van der Waals surface area contributed by atoms with Crippen molar-refractivity contribution in [1.82, 2.24) is 4.90 Å². The van der Waals surface area contributed by atoms with Gasteiger partial charge in [-0.2, -0.15) is 0 Å². The predicted octanol–water partition coefficient (Wildman–Crippen LogP) is 2.22. The lowest BCUT2D eigenvalue weighted by Gasteiger charge is -2.34. The van der Waals surface area contributed by atoms with E-state index in [0.29, 0.717) is 11.5 Å². The van der Waals surface area contributed by atoms with Gasteiger partial charge in [-0.3, -0.25) is 4.21 Å². The quantitative estimate of drug-likeness (QED) is 0.748. The van der Waals surface area contributed by atoms with Crippen LogP contribution >= 0.6 is 0 Å². The highest BCUT2D eigenvalue weighted by molar-refractivity contribution is 7.92. The van der Waals surface area contributed by atoms with Gasteiger partial charge in [0.25, 0.3) is 0 Å². The summed E-state index contributed by atoms with van der Waals surface area (Å²) in [6.45, 7) is 10.2. The normalized spacial score (nSPS) is 21.1. The van der Waals surface area contributed by atoms with E-state index >= 15 is 0 Å². The maximum Gasteiger partial charge on any atom is 0.0618 e. The smallest absolute Gasteiger partial charge is 0.0618 e. The zero-order valence-electron chi connectivity index (χ0n) is 11.3. The molecular formula is C12H26N2OS. The van der Waals surface area contributed by atoms with Gasteiger partial charge in [0.05, 0.1) is 6.04 Å². The number of rotatable bonds is 2. The maximum absolute atomic E-state index is 11.6. The van der Waals surface area contributed by atoms with Gasteiger partial charge in [-0.05, 0) is 18.3 Å². The van der Waals surface area contributed by atoms with Crippen LogP contribution in [0.2, 0.25) is 0 Å². The number of likely N-dealkylation sites (tertiary alicyclic amines) is 1. The molecule has 1 rings (SSSR count). The molecule has 0 unspecified atom stereocenters. The molecule has 1 fully saturated rings. The molecule has 1 saturated heterocycles. The third-order valence-electron chi connectivity index (χ3n) is 2.66. The molecule has 3 nitrogen and oxygen atoms in total. The summed E-state index contributed by atoms with van der Waals surface area (Å²) in [7, 11) is -1.92. The summed E-state index contributed by atoms with van der Waals surface area (Å²) in [5.41, 5.74) is 0.368. The van der Waals surface area contributed by atoms with E-state index in [0.717, 1.165) is 32.5 Å². The van der Waals surface area contributed by atoms with Crippen molar-refractivity contribution in [2.45, 2.75) is 39.7 Å². The Morgan fingerprint density at radius 2 is 1.75 bits per heavy atom. The number of nitrogens with zero attached hydrogens (tertiary/aromatic N) is 2. The van der Waals surface area contributed by atoms with Gasteiger partial charge in [-0.15, -0.1) is 0 Å². The van der Waals surface area contributed by atoms with Crippen molar-refractivity contribution in [3.63, 3.8) is 0 Å². The first-order chi connectivity index (χ1) is 7.16. The summed E-state index contributed by atoms with van der Waals surface area (Å²) in [5.74, 6) is 0. The van der Waals surface area contributed by atoms with Crippen LogP contribution in [0.5, 0.6) is 0 Å². The summed E-state index contributed by atoms with van der Waals surface area (Å²) < 4.78 is 16.0. The van der Waals surface area contributed by atoms with E-state index in [1.807, 2.05) is 0 Å². The number of piperidine rings is 1. The monoisotopic (exact) mass is 246 g/mol. The van der Waals surface area contributed by atoms with Crippen LogP contribution in [0.3, 0.4) is 0 Å². The van der Waals surface area contributed by atoms with Gasteiger partial charge in [-0.25, -0.2) is 4.36 Å². The molecule has 0 radical (unpaired) electrons. The van der Waals surface area contributed by atoms with Gasteiger partial charge in [0.2, 0.25) is 0 Å². The van der Waals surface area contributed by atoms with Gasteiger partial charge in [-0.1, -0.05) is 20.8 Å². The molecule has 0 spiro atoms. The highest BCUT2D eigenvalue weighted by atomic mass is 32.2. The summed E-state index contributed by atoms with van der Waals surface area (Å²) >= 11 is 0. The highest BCUT2D eigenvalue weighted by Crippen LogP contribution is 2.20. The molecule has 0 N–H and O–H groups in total. The van der Waals surface area contributed by atoms with E-state index in [9.17, 15) is 4.21 Å². The van der Waals surface area contributed by atoms with Crippen molar-refractivity contribution < 1.29 is 4.21 Å². The maximum atomic E-state index is 11.6. The Balaban J connectivity index is 2.44. The molecule has 0 aromatic heterocycles. The molecule has 0 amide bonds. The third-order valence-corrected chi connectivity index (χ3v) is 3.46. The predicted molar refractivity (Wildman–Crippen MR) is 71.3 cm³/mol. The molecule has 1 aliphatic heterocycles. The van der Waals surface area contributed by atoms with E-state index in [1.165, 1.54) is 0 Å². The Bertz CT molecular complexity index is 321. The molecule has 1 heterocycles. The third kappa shape index (κ3) is 5.85. The van der Waals surface area contributed by atoms with Gasteiger partial charge in [0.1, 0.15) is 0 Å². The fourth-order valence-electron chi connectivity index (χ4n) is 2.21. The van der Waals surface area contributed by atoms with Gasteiger partial charge in [0.15, 0.2) is 0 Å². The summed E-state index contributed by atoms with van der Waals surface area (Å²) in [5, 5.41) is 0. The van der Waals surface area contributed by atoms with Crippen LogP contribution in [0.25, 0.3) is 0 Å². The molecule has 0 aromatic rings. The average Bonchev–Trinajstić information content (AvgIpc) is 2.03. The van der Waals surface area contributed by atoms with Crippen LogP contribution in [0.1, 0.15) is 33.6 Å². The molecule has 4 heteroatoms. The van der Waals surface area contributed by atoms with E-state index in [1.54, 1.807) is 12.5 Å². The van der Waals surface area contributed by atoms with Crippen molar-refractivity contribution in [2.24, 2.45) is 9.78 Å². The molecule has 1 aliphatic rings. The van der Waals surface area contributed by atoms with Crippen LogP contribution in [0.4, 0.5) is 0 Å². The first-order valence-corrected chi connectivity index (χ1v) is 8.37. The van der Waals surface area contributed by atoms with Gasteiger partial charge >= 0.3 is 0 Å². The molecule has 0 atom stereocenters. The van der Waals surface area contributed by atoms with Crippen molar-refractivity contribution >= 4 is 9.73 Å². The molecule has 0 saturated carbocycles. The van der Waals surface area contributed by atoms with Crippen LogP contribution in [-0.2, 0) is 9.73 Å². The van der Waals surface area contributed by atoms with E-state index in [4.69, 9.17) is 0 Å². The van der Waals surface area contributed by atoms with Crippen LogP contribution in [0, 0.1) is 5.41 Å². The highest BCUT2D eigenvalue weighted by Gasteiger charge is 2.22. The molecule has 0 aliphatic carbocycles. The fourth-order valence-corrected chi connectivity index (χ4v) is 3.14. The van der Waals surface area contributed by atoms with Crippen molar-refractivity contribution in [3.05, 3.63) is 0 Å². The Hall–Kier alpha value is -0.0900. The van der Waals surface area contributed by atoms with Crippen molar-refractivity contribution in [2.75, 3.05) is 32.1 Å². The topological polar surface area (TPSA) is 32.7 Å². The lowest BCUT2D eigenvalue weighted by atomic mass is 9.94. The number of hydrogen-bond acceptors (Lipinski definition) is 3. The van der Waals surface area contributed by atoms with Crippen LogP contribution in [-0.4, -0.2) is 47.3 Å². The second kappa shape index (κ2) is 5.05. The molecule has 96 valence electrons. The summed E-state index contributed by atoms with van der Waals surface area (Å²) in [6, 6.07) is 0.318. The zero-order valence-corrected chi connectivity index (χ0v) is 12.1. The average molecular weight is 246 g/mol. The second-order valence-electron chi connectivity index (χ2n) is 6.35. The first kappa shape index (κ1) is 14.0. The molecule has 0 aromatic carbocycles. The molecule has 16 heavy (non-hydrogen) atoms. The Morgan fingerprint density at radius 1 is 1.25 bits per heavy atom. The summed E-state index contributed by atoms with van der Waals surface area (Å²) in [4.78, 5) is 2.50. The minimum Gasteiger partial charge on any atom is -0.303 e. The Labute approximate surface area is 101 Å². The van der Waals surface area contributed by atoms with Crippen molar-refractivity contribution in [1.29, 1.82) is 0 Å². The van der Waals surface area contributed by atoms with E-state index in [2.05, 4.69) is 30.0 Å². The van der Waals surface area contributed by atoms with E-state index in [-0.39, 0.29) is 0 Å². The van der Waals surface area contributed by atoms with Crippen LogP contribution in [0.15, 0.2) is 4.36 Å². The number of hydrogen-bond donors (Lipinski definition) is 0. The standard InChI is InChI=1S/C12H26N2OS/c1-12(2,3)10-14-8-6-11(7-9-14)13-16(4,5)15/h11H,6-10H2,1-5H3. The zero-order chi connectivity index (χ0) is 12.4. The van der Waals surface area contributed by atoms with Gasteiger partial charge < -0.3 is 4.90 Å². The Morgan fingerprint density at radius 3 is 2.12 bits per heavy atom. The lowest BCUT2D eigenvalue weighted by Crippen LogP contribution is -2.40. The van der Waals surface area contributed by atoms with Crippen LogP contribution < -0.4 is 0 Å². The molecular weight excluding hydrogens is 220 g/mol. The minimum absolute atomic E-state index is 0.318. The largest absolute Gasteiger partial charge is 0.303 e. The SMILES string of the molecule is CC(C)(C)CN1CCC(N=S(C)(C)=O)CC1. The first-order valence-electron chi connectivity index (χ1n) is 6.04. The molecule has 0 bridgehead atoms. The fraction of sp³-hybridized carbons (Fsp3) is 1.00. The lowest BCUT2D eigenvalue weighted by molar-refractivity contribution is 0.155. The van der Waals surface area contributed by atoms with Crippen molar-refractivity contribution in [3.8, 4) is 0 Å². The Kier molecular flexibility index (Phi) is 4.41.